The number of hydrogen-bond acceptors (Lipinski definition) is 0. The van der Waals surface area contributed by atoms with Gasteiger partial charge in [-0.15, -0.1) is 0 Å². The van der Waals surface area contributed by atoms with Gasteiger partial charge in [0.15, 0.2) is 0 Å². The van der Waals surface area contributed by atoms with E-state index in [1.165, 1.54) is 36.8 Å². The van der Waals surface area contributed by atoms with Gasteiger partial charge in [0.05, 0.1) is 0 Å². The van der Waals surface area contributed by atoms with Crippen LogP contribution in [-0.4, -0.2) is 0 Å². The van der Waals surface area contributed by atoms with Crippen LogP contribution in [-0.2, 0) is 0 Å². The quantitative estimate of drug-likeness (QED) is 0.517. The highest BCUT2D eigenvalue weighted by Crippen LogP contribution is 2.59. The zero-order chi connectivity index (χ0) is 13.2. The summed E-state index contributed by atoms with van der Waals surface area (Å²) in [5.41, 5.74) is 3.44. The normalized spacial score (nSPS) is 40.3. The monoisotopic (exact) mass is 234 g/mol. The Bertz CT molecular complexity index is 299. The third kappa shape index (κ3) is 2.51. The Labute approximate surface area is 108 Å². The Morgan fingerprint density at radius 3 is 2.41 bits per heavy atom. The zero-order valence-electron chi connectivity index (χ0n) is 12.5. The van der Waals surface area contributed by atoms with Gasteiger partial charge in [0.1, 0.15) is 0 Å². The maximum atomic E-state index is 4.25. The summed E-state index contributed by atoms with van der Waals surface area (Å²) >= 11 is 0. The largest absolute Gasteiger partial charge is 0.0998 e. The van der Waals surface area contributed by atoms with Gasteiger partial charge in [0.25, 0.3) is 0 Å². The van der Waals surface area contributed by atoms with Crippen LogP contribution in [0.25, 0.3) is 0 Å². The van der Waals surface area contributed by atoms with E-state index in [0.717, 1.165) is 11.8 Å². The Kier molecular flexibility index (Phi) is 4.63. The molecule has 98 valence electrons. The Balaban J connectivity index is 0.000000686. The molecule has 0 amide bonds. The minimum absolute atomic E-state index is 0.574. The molecule has 2 aliphatic carbocycles. The first-order chi connectivity index (χ1) is 7.96. The Hall–Kier alpha value is -0.520. The van der Waals surface area contributed by atoms with Crippen molar-refractivity contribution >= 4 is 0 Å². The van der Waals surface area contributed by atoms with Crippen molar-refractivity contribution in [3.05, 3.63) is 24.3 Å². The minimum Gasteiger partial charge on any atom is -0.0998 e. The second-order valence-electron chi connectivity index (χ2n) is 6.12. The molecule has 2 aliphatic rings. The molecule has 0 saturated heterocycles. The van der Waals surface area contributed by atoms with Gasteiger partial charge in [-0.3, -0.25) is 0 Å². The molecule has 2 rings (SSSR count). The van der Waals surface area contributed by atoms with Crippen LogP contribution >= 0.6 is 0 Å². The topological polar surface area (TPSA) is 0 Å². The predicted molar refractivity (Wildman–Crippen MR) is 78.0 cm³/mol. The van der Waals surface area contributed by atoms with Crippen molar-refractivity contribution in [1.82, 2.24) is 0 Å². The van der Waals surface area contributed by atoms with Gasteiger partial charge in [-0.25, -0.2) is 0 Å². The molecule has 17 heavy (non-hydrogen) atoms. The molecule has 0 radical (unpaired) electrons. The lowest BCUT2D eigenvalue weighted by Gasteiger charge is -2.44. The van der Waals surface area contributed by atoms with Crippen LogP contribution in [0, 0.1) is 23.2 Å². The predicted octanol–water partition coefficient (Wildman–Crippen LogP) is 5.61. The average molecular weight is 234 g/mol. The molecule has 0 unspecified atom stereocenters. The minimum atomic E-state index is 0.574. The van der Waals surface area contributed by atoms with Crippen LogP contribution in [0.1, 0.15) is 60.3 Å². The molecule has 0 aromatic carbocycles. The second-order valence-corrected chi connectivity index (χ2v) is 6.12. The van der Waals surface area contributed by atoms with Crippen LogP contribution < -0.4 is 0 Å². The number of allylic oxidation sites excluding steroid dienone is 2. The number of rotatable bonds is 1. The van der Waals surface area contributed by atoms with Crippen LogP contribution in [0.2, 0.25) is 0 Å². The third-order valence-corrected chi connectivity index (χ3v) is 5.10. The first kappa shape index (κ1) is 14.5. The van der Waals surface area contributed by atoms with E-state index < -0.39 is 0 Å². The summed E-state index contributed by atoms with van der Waals surface area (Å²) < 4.78 is 0. The van der Waals surface area contributed by atoms with Crippen molar-refractivity contribution in [2.24, 2.45) is 23.2 Å². The van der Waals surface area contributed by atoms with Crippen molar-refractivity contribution in [2.45, 2.75) is 60.3 Å². The highest BCUT2D eigenvalue weighted by atomic mass is 14.5. The van der Waals surface area contributed by atoms with Crippen molar-refractivity contribution in [3.8, 4) is 0 Å². The van der Waals surface area contributed by atoms with Crippen LogP contribution in [0.5, 0.6) is 0 Å². The van der Waals surface area contributed by atoms with Crippen LogP contribution in [0.15, 0.2) is 24.3 Å². The molecule has 0 heterocycles. The summed E-state index contributed by atoms with van der Waals surface area (Å²) in [4.78, 5) is 0. The van der Waals surface area contributed by atoms with E-state index in [4.69, 9.17) is 0 Å². The lowest BCUT2D eigenvalue weighted by Crippen LogP contribution is -2.36. The number of fused-ring (bicyclic) bond motifs is 1. The SMILES string of the molecule is C=C1CC[C@@]2(C)CC[C@@H](C(=C)C)[C@@H]2[C@H]1C.CC. The molecule has 0 aliphatic heterocycles. The van der Waals surface area contributed by atoms with Crippen LogP contribution in [0.4, 0.5) is 0 Å². The van der Waals surface area contributed by atoms with Crippen molar-refractivity contribution in [3.63, 3.8) is 0 Å². The maximum absolute atomic E-state index is 4.25. The highest BCUT2D eigenvalue weighted by Gasteiger charge is 2.50. The summed E-state index contributed by atoms with van der Waals surface area (Å²) in [5.74, 6) is 2.27. The number of hydrogen-bond donors (Lipinski definition) is 0. The standard InChI is InChI=1S/C15H24.C2H6/c1-10(2)13-7-9-15(5)8-6-11(3)12(4)14(13)15;1-2/h12-14H,1,3,6-9H2,2,4-5H3;1-2H3/t12-,13-,14-,15-;/m0./s1. The van der Waals surface area contributed by atoms with Gasteiger partial charge in [0.2, 0.25) is 0 Å². The molecule has 0 heteroatoms. The van der Waals surface area contributed by atoms with E-state index >= 15 is 0 Å². The summed E-state index contributed by atoms with van der Waals surface area (Å²) in [6, 6.07) is 0. The van der Waals surface area contributed by atoms with E-state index in [-0.39, 0.29) is 0 Å². The molecule has 0 spiro atoms. The smallest absolute Gasteiger partial charge is 0.0169 e. The van der Waals surface area contributed by atoms with Gasteiger partial charge in [-0.1, -0.05) is 52.0 Å². The highest BCUT2D eigenvalue weighted by molar-refractivity contribution is 5.18. The van der Waals surface area contributed by atoms with Gasteiger partial charge in [-0.05, 0) is 55.8 Å². The third-order valence-electron chi connectivity index (χ3n) is 5.10. The van der Waals surface area contributed by atoms with Gasteiger partial charge in [-0.2, -0.15) is 0 Å². The Morgan fingerprint density at radius 1 is 1.29 bits per heavy atom. The van der Waals surface area contributed by atoms with E-state index in [1.807, 2.05) is 13.8 Å². The van der Waals surface area contributed by atoms with Gasteiger partial charge >= 0.3 is 0 Å². The molecule has 0 aromatic rings. The van der Waals surface area contributed by atoms with Crippen molar-refractivity contribution in [2.75, 3.05) is 0 Å². The summed E-state index contributed by atoms with van der Waals surface area (Å²) in [7, 11) is 0. The first-order valence-corrected chi connectivity index (χ1v) is 7.29. The molecule has 0 aromatic heterocycles. The van der Waals surface area contributed by atoms with Crippen LogP contribution in [0.3, 0.4) is 0 Å². The van der Waals surface area contributed by atoms with E-state index in [2.05, 4.69) is 33.9 Å². The lowest BCUT2D eigenvalue weighted by atomic mass is 9.61. The summed E-state index contributed by atoms with van der Waals surface area (Å²) in [6.07, 6.45) is 5.35. The fourth-order valence-corrected chi connectivity index (χ4v) is 4.04. The van der Waals surface area contributed by atoms with E-state index in [9.17, 15) is 0 Å². The first-order valence-electron chi connectivity index (χ1n) is 7.29. The fourth-order valence-electron chi connectivity index (χ4n) is 4.04. The molecule has 0 N–H and O–H groups in total. The molecule has 2 fully saturated rings. The fraction of sp³-hybridized carbons (Fsp3) is 0.765. The maximum Gasteiger partial charge on any atom is -0.0169 e. The molecular weight excluding hydrogens is 204 g/mol. The van der Waals surface area contributed by atoms with E-state index in [0.29, 0.717) is 11.3 Å². The summed E-state index contributed by atoms with van der Waals surface area (Å²) in [6.45, 7) is 19.5. The Morgan fingerprint density at radius 2 is 1.88 bits per heavy atom. The zero-order valence-corrected chi connectivity index (χ0v) is 12.5. The van der Waals surface area contributed by atoms with Gasteiger partial charge < -0.3 is 0 Å². The van der Waals surface area contributed by atoms with Crippen molar-refractivity contribution < 1.29 is 0 Å². The molecular formula is C17H30. The summed E-state index contributed by atoms with van der Waals surface area (Å²) in [5, 5.41) is 0. The average Bonchev–Trinajstić information content (AvgIpc) is 2.66. The van der Waals surface area contributed by atoms with E-state index in [1.54, 1.807) is 0 Å². The second kappa shape index (κ2) is 5.42. The molecule has 0 nitrogen and oxygen atoms in total. The molecule has 2 saturated carbocycles. The van der Waals surface area contributed by atoms with Gasteiger partial charge in [0, 0.05) is 0 Å². The van der Waals surface area contributed by atoms with Crippen molar-refractivity contribution in [1.29, 1.82) is 0 Å². The lowest BCUT2D eigenvalue weighted by molar-refractivity contribution is 0.116. The molecule has 4 atom stereocenters. The molecule has 0 bridgehead atoms.